The molecular formula is C11H18N4. The van der Waals surface area contributed by atoms with Gasteiger partial charge in [0, 0.05) is 18.3 Å². The highest BCUT2D eigenvalue weighted by atomic mass is 15.4. The number of aromatic nitrogens is 3. The molecule has 0 atom stereocenters. The van der Waals surface area contributed by atoms with E-state index in [1.807, 2.05) is 4.68 Å². The fourth-order valence-corrected chi connectivity index (χ4v) is 1.89. The molecule has 2 aliphatic carbocycles. The molecule has 15 heavy (non-hydrogen) atoms. The van der Waals surface area contributed by atoms with Crippen molar-refractivity contribution in [2.45, 2.75) is 50.6 Å². The van der Waals surface area contributed by atoms with E-state index >= 15 is 0 Å². The first-order valence-electron chi connectivity index (χ1n) is 5.91. The lowest BCUT2D eigenvalue weighted by molar-refractivity contribution is 0.544. The van der Waals surface area contributed by atoms with Gasteiger partial charge >= 0.3 is 0 Å². The number of aryl methyl sites for hydroxylation is 1. The van der Waals surface area contributed by atoms with Gasteiger partial charge in [-0.2, -0.15) is 0 Å². The maximum atomic E-state index is 6.04. The summed E-state index contributed by atoms with van der Waals surface area (Å²) in [5.74, 6) is 0.865. The van der Waals surface area contributed by atoms with Crippen molar-refractivity contribution in [1.29, 1.82) is 0 Å². The van der Waals surface area contributed by atoms with Crippen molar-refractivity contribution in [3.8, 4) is 0 Å². The summed E-state index contributed by atoms with van der Waals surface area (Å²) in [7, 11) is 0. The van der Waals surface area contributed by atoms with Gasteiger partial charge in [0.05, 0.1) is 5.69 Å². The molecule has 1 heterocycles. The van der Waals surface area contributed by atoms with E-state index in [9.17, 15) is 0 Å². The molecule has 0 aromatic carbocycles. The van der Waals surface area contributed by atoms with Gasteiger partial charge in [-0.15, -0.1) is 5.10 Å². The first-order valence-corrected chi connectivity index (χ1v) is 5.91. The fourth-order valence-electron chi connectivity index (χ4n) is 1.89. The van der Waals surface area contributed by atoms with Gasteiger partial charge in [-0.05, 0) is 44.4 Å². The van der Waals surface area contributed by atoms with Crippen LogP contribution in [0.15, 0.2) is 6.20 Å². The summed E-state index contributed by atoms with van der Waals surface area (Å²) in [5, 5.41) is 8.33. The van der Waals surface area contributed by atoms with Gasteiger partial charge < -0.3 is 5.73 Å². The van der Waals surface area contributed by atoms with Crippen molar-refractivity contribution >= 4 is 0 Å². The summed E-state index contributed by atoms with van der Waals surface area (Å²) in [6, 6.07) is 0. The minimum atomic E-state index is 0.139. The lowest BCUT2D eigenvalue weighted by Crippen LogP contribution is -2.22. The molecule has 0 radical (unpaired) electrons. The number of hydrogen-bond donors (Lipinski definition) is 1. The van der Waals surface area contributed by atoms with E-state index in [1.54, 1.807) is 0 Å². The predicted octanol–water partition coefficient (Wildman–Crippen LogP) is 1.11. The van der Waals surface area contributed by atoms with Crippen LogP contribution in [0.2, 0.25) is 0 Å². The van der Waals surface area contributed by atoms with E-state index < -0.39 is 0 Å². The van der Waals surface area contributed by atoms with Crippen molar-refractivity contribution < 1.29 is 0 Å². The van der Waals surface area contributed by atoms with Gasteiger partial charge in [-0.3, -0.25) is 4.68 Å². The first kappa shape index (κ1) is 9.33. The molecule has 0 unspecified atom stereocenters. The second-order valence-electron chi connectivity index (χ2n) is 5.24. The highest BCUT2D eigenvalue weighted by Gasteiger charge is 2.37. The fraction of sp³-hybridized carbons (Fsp3) is 0.818. The SMILES string of the molecule is NC1(CCc2cn(CC3CC3)nn2)CC1. The van der Waals surface area contributed by atoms with Crippen LogP contribution in [0, 0.1) is 5.92 Å². The van der Waals surface area contributed by atoms with Gasteiger partial charge in [0.25, 0.3) is 0 Å². The summed E-state index contributed by atoms with van der Waals surface area (Å²) in [4.78, 5) is 0. The number of nitrogens with two attached hydrogens (primary N) is 1. The molecule has 0 amide bonds. The molecule has 0 aliphatic heterocycles. The quantitative estimate of drug-likeness (QED) is 0.785. The van der Waals surface area contributed by atoms with Crippen molar-refractivity contribution in [1.82, 2.24) is 15.0 Å². The standard InChI is InChI=1S/C11H18N4/c12-11(5-6-11)4-3-10-8-15(14-13-10)7-9-1-2-9/h8-9H,1-7,12H2. The zero-order chi connectivity index (χ0) is 10.3. The van der Waals surface area contributed by atoms with Crippen LogP contribution in [0.4, 0.5) is 0 Å². The maximum Gasteiger partial charge on any atom is 0.0827 e. The molecule has 0 saturated heterocycles. The minimum Gasteiger partial charge on any atom is -0.325 e. The number of nitrogens with zero attached hydrogens (tertiary/aromatic N) is 3. The van der Waals surface area contributed by atoms with Crippen molar-refractivity contribution in [2.75, 3.05) is 0 Å². The van der Waals surface area contributed by atoms with Crippen LogP contribution in [0.1, 0.15) is 37.8 Å². The molecule has 0 bridgehead atoms. The lowest BCUT2D eigenvalue weighted by atomic mass is 10.1. The Labute approximate surface area is 89.8 Å². The van der Waals surface area contributed by atoms with E-state index in [1.165, 1.54) is 25.7 Å². The smallest absolute Gasteiger partial charge is 0.0827 e. The molecular weight excluding hydrogens is 188 g/mol. The Morgan fingerprint density at radius 1 is 1.47 bits per heavy atom. The normalized spacial score (nSPS) is 23.0. The van der Waals surface area contributed by atoms with E-state index in [-0.39, 0.29) is 5.54 Å². The third-order valence-corrected chi connectivity index (χ3v) is 3.50. The zero-order valence-corrected chi connectivity index (χ0v) is 9.02. The zero-order valence-electron chi connectivity index (χ0n) is 9.02. The number of hydrogen-bond acceptors (Lipinski definition) is 3. The summed E-state index contributed by atoms with van der Waals surface area (Å²) >= 11 is 0. The average Bonchev–Trinajstić information content (AvgIpc) is 3.09. The Bertz CT molecular complexity index is 349. The highest BCUT2D eigenvalue weighted by molar-refractivity contribution is 5.03. The highest BCUT2D eigenvalue weighted by Crippen LogP contribution is 2.36. The van der Waals surface area contributed by atoms with Gasteiger partial charge in [0.1, 0.15) is 0 Å². The van der Waals surface area contributed by atoms with Crippen LogP contribution in [0.25, 0.3) is 0 Å². The Kier molecular flexibility index (Phi) is 2.06. The Morgan fingerprint density at radius 2 is 2.27 bits per heavy atom. The van der Waals surface area contributed by atoms with Gasteiger partial charge in [0.15, 0.2) is 0 Å². The molecule has 2 fully saturated rings. The van der Waals surface area contributed by atoms with Crippen molar-refractivity contribution in [3.63, 3.8) is 0 Å². The summed E-state index contributed by atoms with van der Waals surface area (Å²) in [5.41, 5.74) is 7.28. The van der Waals surface area contributed by atoms with Crippen LogP contribution in [-0.2, 0) is 13.0 Å². The molecule has 4 heteroatoms. The summed E-state index contributed by atoms with van der Waals surface area (Å²) in [6.07, 6.45) is 9.23. The Balaban J connectivity index is 1.53. The largest absolute Gasteiger partial charge is 0.325 e. The molecule has 1 aromatic rings. The molecule has 3 rings (SSSR count). The van der Waals surface area contributed by atoms with Crippen molar-refractivity contribution in [2.24, 2.45) is 11.7 Å². The number of rotatable bonds is 5. The van der Waals surface area contributed by atoms with Crippen molar-refractivity contribution in [3.05, 3.63) is 11.9 Å². The maximum absolute atomic E-state index is 6.04. The van der Waals surface area contributed by atoms with E-state index in [2.05, 4.69) is 16.5 Å². The molecule has 4 nitrogen and oxygen atoms in total. The van der Waals surface area contributed by atoms with Gasteiger partial charge in [-0.1, -0.05) is 5.21 Å². The average molecular weight is 206 g/mol. The second kappa shape index (κ2) is 3.30. The third-order valence-electron chi connectivity index (χ3n) is 3.50. The molecule has 2 saturated carbocycles. The van der Waals surface area contributed by atoms with Crippen LogP contribution < -0.4 is 5.73 Å². The monoisotopic (exact) mass is 206 g/mol. The lowest BCUT2D eigenvalue weighted by Gasteiger charge is -2.04. The van der Waals surface area contributed by atoms with Crippen LogP contribution in [-0.4, -0.2) is 20.5 Å². The first-order chi connectivity index (χ1) is 7.23. The topological polar surface area (TPSA) is 56.7 Å². The Morgan fingerprint density at radius 3 is 2.93 bits per heavy atom. The Hall–Kier alpha value is -0.900. The van der Waals surface area contributed by atoms with E-state index in [0.717, 1.165) is 31.0 Å². The summed E-state index contributed by atoms with van der Waals surface area (Å²) in [6.45, 7) is 1.06. The summed E-state index contributed by atoms with van der Waals surface area (Å²) < 4.78 is 1.99. The minimum absolute atomic E-state index is 0.139. The predicted molar refractivity (Wildman–Crippen MR) is 57.2 cm³/mol. The third kappa shape index (κ3) is 2.37. The molecule has 2 aliphatic rings. The molecule has 1 aromatic heterocycles. The molecule has 2 N–H and O–H groups in total. The van der Waals surface area contributed by atoms with Crippen LogP contribution in [0.3, 0.4) is 0 Å². The second-order valence-corrected chi connectivity index (χ2v) is 5.24. The van der Waals surface area contributed by atoms with E-state index in [0.29, 0.717) is 0 Å². The van der Waals surface area contributed by atoms with Gasteiger partial charge in [0.2, 0.25) is 0 Å². The van der Waals surface area contributed by atoms with E-state index in [4.69, 9.17) is 5.73 Å². The molecule has 0 spiro atoms. The molecule has 82 valence electrons. The van der Waals surface area contributed by atoms with Gasteiger partial charge in [-0.25, -0.2) is 0 Å². The van der Waals surface area contributed by atoms with Crippen LogP contribution >= 0.6 is 0 Å². The van der Waals surface area contributed by atoms with Crippen LogP contribution in [0.5, 0.6) is 0 Å².